The number of aliphatic hydroxyl groups excluding tert-OH is 1. The predicted molar refractivity (Wildman–Crippen MR) is 69.0 cm³/mol. The molecule has 0 bridgehead atoms. The smallest absolute Gasteiger partial charge is 0.0741 e. The van der Waals surface area contributed by atoms with E-state index in [4.69, 9.17) is 0 Å². The van der Waals surface area contributed by atoms with Gasteiger partial charge in [-0.25, -0.2) is 0 Å². The molecule has 1 saturated heterocycles. The van der Waals surface area contributed by atoms with Crippen molar-refractivity contribution in [2.45, 2.75) is 18.9 Å². The highest BCUT2D eigenvalue weighted by atomic mass is 16.3. The standard InChI is InChI=1S/C13H21N3O/c1-16-8-4-11(5-9-16)13(17)10-15-12-2-6-14-7-3-12/h2-3,6-7,11,13,17H,4-5,8-10H2,1H3,(H,14,15). The molecule has 0 aromatic carbocycles. The van der Waals surface area contributed by atoms with E-state index in [9.17, 15) is 5.11 Å². The van der Waals surface area contributed by atoms with E-state index in [1.165, 1.54) is 0 Å². The van der Waals surface area contributed by atoms with Crippen LogP contribution in [0.15, 0.2) is 24.5 Å². The third-order valence-electron chi connectivity index (χ3n) is 3.50. The van der Waals surface area contributed by atoms with E-state index < -0.39 is 0 Å². The second kappa shape index (κ2) is 5.98. The van der Waals surface area contributed by atoms with Gasteiger partial charge in [0, 0.05) is 24.6 Å². The summed E-state index contributed by atoms with van der Waals surface area (Å²) < 4.78 is 0. The van der Waals surface area contributed by atoms with Gasteiger partial charge in [-0.2, -0.15) is 0 Å². The van der Waals surface area contributed by atoms with Gasteiger partial charge in [0.1, 0.15) is 0 Å². The van der Waals surface area contributed by atoms with Crippen molar-refractivity contribution in [1.82, 2.24) is 9.88 Å². The molecule has 0 aliphatic carbocycles. The Morgan fingerprint density at radius 2 is 2.06 bits per heavy atom. The largest absolute Gasteiger partial charge is 0.391 e. The summed E-state index contributed by atoms with van der Waals surface area (Å²) in [5, 5.41) is 13.4. The van der Waals surface area contributed by atoms with Crippen LogP contribution in [0.4, 0.5) is 5.69 Å². The molecule has 1 aliphatic rings. The molecule has 1 fully saturated rings. The fraction of sp³-hybridized carbons (Fsp3) is 0.615. The van der Waals surface area contributed by atoms with Crippen molar-refractivity contribution < 1.29 is 5.11 Å². The summed E-state index contributed by atoms with van der Waals surface area (Å²) in [7, 11) is 2.14. The molecule has 2 N–H and O–H groups in total. The number of piperidine rings is 1. The molecule has 1 unspecified atom stereocenters. The van der Waals surface area contributed by atoms with Crippen molar-refractivity contribution in [1.29, 1.82) is 0 Å². The minimum atomic E-state index is -0.253. The number of anilines is 1. The number of hydrogen-bond donors (Lipinski definition) is 2. The second-order valence-electron chi connectivity index (χ2n) is 4.82. The fourth-order valence-corrected chi connectivity index (χ4v) is 2.27. The number of aromatic nitrogens is 1. The first kappa shape index (κ1) is 12.3. The van der Waals surface area contributed by atoms with Crippen LogP contribution in [0.1, 0.15) is 12.8 Å². The quantitative estimate of drug-likeness (QED) is 0.823. The zero-order valence-electron chi connectivity index (χ0n) is 10.3. The zero-order chi connectivity index (χ0) is 12.1. The highest BCUT2D eigenvalue weighted by molar-refractivity contribution is 5.40. The van der Waals surface area contributed by atoms with E-state index in [2.05, 4.69) is 22.2 Å². The summed E-state index contributed by atoms with van der Waals surface area (Å²) in [5.41, 5.74) is 1.02. The number of hydrogen-bond acceptors (Lipinski definition) is 4. The van der Waals surface area contributed by atoms with Crippen molar-refractivity contribution in [3.8, 4) is 0 Å². The average Bonchev–Trinajstić information content (AvgIpc) is 2.38. The molecule has 94 valence electrons. The van der Waals surface area contributed by atoms with Gasteiger partial charge in [0.15, 0.2) is 0 Å². The van der Waals surface area contributed by atoms with Gasteiger partial charge in [-0.05, 0) is 51.0 Å². The van der Waals surface area contributed by atoms with Crippen LogP contribution in [-0.4, -0.2) is 47.8 Å². The van der Waals surface area contributed by atoms with E-state index in [0.717, 1.165) is 31.6 Å². The van der Waals surface area contributed by atoms with Gasteiger partial charge in [-0.1, -0.05) is 0 Å². The third kappa shape index (κ3) is 3.68. The Morgan fingerprint density at radius 3 is 2.71 bits per heavy atom. The van der Waals surface area contributed by atoms with E-state index in [1.54, 1.807) is 12.4 Å². The van der Waals surface area contributed by atoms with Gasteiger partial charge in [-0.15, -0.1) is 0 Å². The minimum Gasteiger partial charge on any atom is -0.391 e. The van der Waals surface area contributed by atoms with E-state index in [1.807, 2.05) is 12.1 Å². The van der Waals surface area contributed by atoms with Crippen LogP contribution in [0.2, 0.25) is 0 Å². The van der Waals surface area contributed by atoms with E-state index >= 15 is 0 Å². The van der Waals surface area contributed by atoms with Crippen molar-refractivity contribution in [3.63, 3.8) is 0 Å². The lowest BCUT2D eigenvalue weighted by atomic mass is 9.91. The first-order valence-corrected chi connectivity index (χ1v) is 6.26. The van der Waals surface area contributed by atoms with Gasteiger partial charge in [0.25, 0.3) is 0 Å². The third-order valence-corrected chi connectivity index (χ3v) is 3.50. The summed E-state index contributed by atoms with van der Waals surface area (Å²) in [6.45, 7) is 2.81. The molecule has 4 nitrogen and oxygen atoms in total. The molecule has 1 aromatic heterocycles. The van der Waals surface area contributed by atoms with Gasteiger partial charge in [0.2, 0.25) is 0 Å². The number of rotatable bonds is 4. The Bertz CT molecular complexity index is 323. The lowest BCUT2D eigenvalue weighted by Crippen LogP contribution is -2.38. The first-order chi connectivity index (χ1) is 8.25. The normalized spacial score (nSPS) is 20.1. The Labute approximate surface area is 103 Å². The van der Waals surface area contributed by atoms with Gasteiger partial charge in [-0.3, -0.25) is 4.98 Å². The maximum atomic E-state index is 10.1. The van der Waals surface area contributed by atoms with Crippen molar-refractivity contribution in [2.75, 3.05) is 32.0 Å². The van der Waals surface area contributed by atoms with Crippen molar-refractivity contribution in [3.05, 3.63) is 24.5 Å². The lowest BCUT2D eigenvalue weighted by molar-refractivity contribution is 0.0753. The molecule has 0 amide bonds. The van der Waals surface area contributed by atoms with Crippen LogP contribution in [0.25, 0.3) is 0 Å². The minimum absolute atomic E-state index is 0.253. The van der Waals surface area contributed by atoms with Crippen LogP contribution >= 0.6 is 0 Å². The molecule has 1 aromatic rings. The Hall–Kier alpha value is -1.13. The number of aliphatic hydroxyl groups is 1. The first-order valence-electron chi connectivity index (χ1n) is 6.26. The molecule has 0 spiro atoms. The summed E-state index contributed by atoms with van der Waals surface area (Å²) >= 11 is 0. The molecule has 2 heterocycles. The van der Waals surface area contributed by atoms with Gasteiger partial charge in [0.05, 0.1) is 6.10 Å². The average molecular weight is 235 g/mol. The maximum absolute atomic E-state index is 10.1. The molecule has 2 rings (SSSR count). The van der Waals surface area contributed by atoms with Gasteiger partial charge < -0.3 is 15.3 Å². The lowest BCUT2D eigenvalue weighted by Gasteiger charge is -2.32. The zero-order valence-corrected chi connectivity index (χ0v) is 10.3. The Balaban J connectivity index is 1.75. The van der Waals surface area contributed by atoms with E-state index in [0.29, 0.717) is 12.5 Å². The highest BCUT2D eigenvalue weighted by Crippen LogP contribution is 2.20. The molecular weight excluding hydrogens is 214 g/mol. The van der Waals surface area contributed by atoms with Gasteiger partial charge >= 0.3 is 0 Å². The Morgan fingerprint density at radius 1 is 1.41 bits per heavy atom. The molecule has 0 saturated carbocycles. The topological polar surface area (TPSA) is 48.4 Å². The molecule has 4 heteroatoms. The number of likely N-dealkylation sites (tertiary alicyclic amines) is 1. The second-order valence-corrected chi connectivity index (χ2v) is 4.82. The Kier molecular flexibility index (Phi) is 4.34. The van der Waals surface area contributed by atoms with Crippen LogP contribution in [0.5, 0.6) is 0 Å². The summed E-state index contributed by atoms with van der Waals surface area (Å²) in [6.07, 6.45) is 5.44. The SMILES string of the molecule is CN1CCC(C(O)CNc2ccncc2)CC1. The number of nitrogens with zero attached hydrogens (tertiary/aromatic N) is 2. The number of nitrogens with one attached hydrogen (secondary N) is 1. The molecule has 0 radical (unpaired) electrons. The number of pyridine rings is 1. The fourth-order valence-electron chi connectivity index (χ4n) is 2.27. The van der Waals surface area contributed by atoms with Crippen LogP contribution in [0, 0.1) is 5.92 Å². The van der Waals surface area contributed by atoms with Crippen LogP contribution < -0.4 is 5.32 Å². The summed E-state index contributed by atoms with van der Waals surface area (Å²) in [6, 6.07) is 3.84. The van der Waals surface area contributed by atoms with Crippen LogP contribution in [-0.2, 0) is 0 Å². The highest BCUT2D eigenvalue weighted by Gasteiger charge is 2.23. The monoisotopic (exact) mass is 235 g/mol. The molecule has 1 atom stereocenters. The maximum Gasteiger partial charge on any atom is 0.0741 e. The van der Waals surface area contributed by atoms with E-state index in [-0.39, 0.29) is 6.10 Å². The summed E-state index contributed by atoms with van der Waals surface area (Å²) in [5.74, 6) is 0.431. The summed E-state index contributed by atoms with van der Waals surface area (Å²) in [4.78, 5) is 6.28. The molecule has 17 heavy (non-hydrogen) atoms. The van der Waals surface area contributed by atoms with Crippen molar-refractivity contribution >= 4 is 5.69 Å². The molecule has 1 aliphatic heterocycles. The molecular formula is C13H21N3O. The van der Waals surface area contributed by atoms with Crippen LogP contribution in [0.3, 0.4) is 0 Å². The van der Waals surface area contributed by atoms with Crippen molar-refractivity contribution in [2.24, 2.45) is 5.92 Å². The predicted octanol–water partition coefficient (Wildman–Crippen LogP) is 1.20.